The van der Waals surface area contributed by atoms with Gasteiger partial charge in [0.25, 0.3) is 0 Å². The Morgan fingerprint density at radius 2 is 2.00 bits per heavy atom. The maximum atomic E-state index is 13.5. The summed E-state index contributed by atoms with van der Waals surface area (Å²) in [6.45, 7) is 4.23. The van der Waals surface area contributed by atoms with Crippen LogP contribution in [-0.4, -0.2) is 0 Å². The van der Waals surface area contributed by atoms with Gasteiger partial charge in [-0.1, -0.05) is 13.8 Å². The normalized spacial score (nSPS) is 20.5. The van der Waals surface area contributed by atoms with E-state index in [0.29, 0.717) is 11.8 Å². The smallest absolute Gasteiger partial charge is 0.129 e. The third-order valence-corrected chi connectivity index (χ3v) is 3.34. The van der Waals surface area contributed by atoms with Crippen LogP contribution in [0.25, 0.3) is 0 Å². The lowest BCUT2D eigenvalue weighted by Gasteiger charge is -2.28. The number of halogens is 2. The van der Waals surface area contributed by atoms with Gasteiger partial charge in [-0.15, -0.1) is 0 Å². The molecule has 0 nitrogen and oxygen atoms in total. The van der Waals surface area contributed by atoms with E-state index in [4.69, 9.17) is 0 Å². The van der Waals surface area contributed by atoms with Gasteiger partial charge in [-0.25, -0.2) is 8.78 Å². The molecule has 0 aliphatic heterocycles. The zero-order chi connectivity index (χ0) is 11.0. The van der Waals surface area contributed by atoms with Gasteiger partial charge in [0.1, 0.15) is 11.6 Å². The molecule has 1 aliphatic rings. The van der Waals surface area contributed by atoms with Crippen molar-refractivity contribution in [2.24, 2.45) is 5.92 Å². The maximum Gasteiger partial charge on any atom is 0.129 e. The SMILES string of the molecule is CC(C)[C@H]1CCCc2c(F)cc(F)cc21. The minimum Gasteiger partial charge on any atom is -0.207 e. The van der Waals surface area contributed by atoms with Gasteiger partial charge in [0, 0.05) is 6.07 Å². The molecule has 0 bridgehead atoms. The molecular weight excluding hydrogens is 194 g/mol. The van der Waals surface area contributed by atoms with Crippen LogP contribution in [0.1, 0.15) is 43.7 Å². The Bertz CT molecular complexity index is 369. The molecule has 1 atom stereocenters. The highest BCUT2D eigenvalue weighted by atomic mass is 19.1. The summed E-state index contributed by atoms with van der Waals surface area (Å²) in [5.41, 5.74) is 1.63. The fourth-order valence-electron chi connectivity index (χ4n) is 2.56. The monoisotopic (exact) mass is 210 g/mol. The summed E-state index contributed by atoms with van der Waals surface area (Å²) in [5, 5.41) is 0. The van der Waals surface area contributed by atoms with Crippen LogP contribution in [0.15, 0.2) is 12.1 Å². The van der Waals surface area contributed by atoms with Gasteiger partial charge in [-0.3, -0.25) is 0 Å². The minimum atomic E-state index is -0.446. The van der Waals surface area contributed by atoms with E-state index in [9.17, 15) is 8.78 Å². The Labute approximate surface area is 89.3 Å². The quantitative estimate of drug-likeness (QED) is 0.656. The summed E-state index contributed by atoms with van der Waals surface area (Å²) in [4.78, 5) is 0. The third kappa shape index (κ3) is 1.90. The van der Waals surface area contributed by atoms with Crippen molar-refractivity contribution in [2.75, 3.05) is 0 Å². The largest absolute Gasteiger partial charge is 0.207 e. The van der Waals surface area contributed by atoms with Gasteiger partial charge < -0.3 is 0 Å². The van der Waals surface area contributed by atoms with Crippen molar-refractivity contribution < 1.29 is 8.78 Å². The lowest BCUT2D eigenvalue weighted by atomic mass is 9.77. The average molecular weight is 210 g/mol. The van der Waals surface area contributed by atoms with Gasteiger partial charge >= 0.3 is 0 Å². The summed E-state index contributed by atoms with van der Waals surface area (Å²) in [6, 6.07) is 2.52. The summed E-state index contributed by atoms with van der Waals surface area (Å²) < 4.78 is 26.7. The second-order valence-corrected chi connectivity index (χ2v) is 4.70. The Kier molecular flexibility index (Phi) is 2.76. The molecule has 0 unspecified atom stereocenters. The molecule has 0 spiro atoms. The van der Waals surface area contributed by atoms with Crippen LogP contribution in [0.2, 0.25) is 0 Å². The molecule has 0 saturated carbocycles. The van der Waals surface area contributed by atoms with Crippen molar-refractivity contribution in [1.29, 1.82) is 0 Å². The second kappa shape index (κ2) is 3.92. The van der Waals surface area contributed by atoms with Crippen molar-refractivity contribution >= 4 is 0 Å². The first kappa shape index (κ1) is 10.6. The molecule has 2 rings (SSSR count). The van der Waals surface area contributed by atoms with E-state index < -0.39 is 5.82 Å². The molecule has 0 N–H and O–H groups in total. The predicted molar refractivity (Wildman–Crippen MR) is 56.9 cm³/mol. The zero-order valence-corrected chi connectivity index (χ0v) is 9.19. The molecule has 0 heterocycles. The summed E-state index contributed by atoms with van der Waals surface area (Å²) in [7, 11) is 0. The molecule has 1 aliphatic carbocycles. The van der Waals surface area contributed by atoms with E-state index in [0.717, 1.165) is 36.5 Å². The van der Waals surface area contributed by atoms with Crippen LogP contribution in [0.4, 0.5) is 8.78 Å². The van der Waals surface area contributed by atoms with E-state index in [1.807, 2.05) is 0 Å². The standard InChI is InChI=1S/C13H16F2/c1-8(2)10-4-3-5-11-12(10)6-9(14)7-13(11)15/h6-8,10H,3-5H2,1-2H3/t10-/m1/s1. The highest BCUT2D eigenvalue weighted by molar-refractivity contribution is 5.34. The average Bonchev–Trinajstić information content (AvgIpc) is 2.16. The Balaban J connectivity index is 2.50. The molecule has 2 heteroatoms. The number of benzene rings is 1. The van der Waals surface area contributed by atoms with Crippen molar-refractivity contribution in [3.8, 4) is 0 Å². The van der Waals surface area contributed by atoms with E-state index >= 15 is 0 Å². The molecule has 0 radical (unpaired) electrons. The lowest BCUT2D eigenvalue weighted by molar-refractivity contribution is 0.421. The van der Waals surface area contributed by atoms with Crippen molar-refractivity contribution in [2.45, 2.75) is 39.0 Å². The molecule has 0 fully saturated rings. The number of hydrogen-bond acceptors (Lipinski definition) is 0. The summed E-state index contributed by atoms with van der Waals surface area (Å²) in [6.07, 6.45) is 2.82. The van der Waals surface area contributed by atoms with E-state index in [1.54, 1.807) is 0 Å². The Morgan fingerprint density at radius 3 is 2.67 bits per heavy atom. The van der Waals surface area contributed by atoms with Crippen LogP contribution >= 0.6 is 0 Å². The topological polar surface area (TPSA) is 0 Å². The Hall–Kier alpha value is -0.920. The Morgan fingerprint density at radius 1 is 1.27 bits per heavy atom. The van der Waals surface area contributed by atoms with Crippen LogP contribution in [0.5, 0.6) is 0 Å². The zero-order valence-electron chi connectivity index (χ0n) is 9.19. The van der Waals surface area contributed by atoms with Crippen LogP contribution in [0.3, 0.4) is 0 Å². The maximum absolute atomic E-state index is 13.5. The third-order valence-electron chi connectivity index (χ3n) is 3.34. The molecule has 0 aromatic heterocycles. The van der Waals surface area contributed by atoms with E-state index in [-0.39, 0.29) is 5.82 Å². The van der Waals surface area contributed by atoms with Crippen LogP contribution in [0, 0.1) is 17.6 Å². The molecule has 82 valence electrons. The molecule has 0 amide bonds. The first-order chi connectivity index (χ1) is 7.09. The number of hydrogen-bond donors (Lipinski definition) is 0. The van der Waals surface area contributed by atoms with Crippen LogP contribution in [-0.2, 0) is 6.42 Å². The summed E-state index contributed by atoms with van der Waals surface area (Å²) >= 11 is 0. The van der Waals surface area contributed by atoms with Gasteiger partial charge in [-0.2, -0.15) is 0 Å². The molecule has 1 aromatic carbocycles. The van der Waals surface area contributed by atoms with Gasteiger partial charge in [-0.05, 0) is 48.3 Å². The molecular formula is C13H16F2. The highest BCUT2D eigenvalue weighted by Gasteiger charge is 2.25. The van der Waals surface area contributed by atoms with Crippen molar-refractivity contribution in [3.05, 3.63) is 34.9 Å². The first-order valence-electron chi connectivity index (χ1n) is 5.57. The van der Waals surface area contributed by atoms with E-state index in [2.05, 4.69) is 13.8 Å². The fraction of sp³-hybridized carbons (Fsp3) is 0.538. The summed E-state index contributed by atoms with van der Waals surface area (Å²) in [5.74, 6) is -0.0432. The number of fused-ring (bicyclic) bond motifs is 1. The number of rotatable bonds is 1. The highest BCUT2D eigenvalue weighted by Crippen LogP contribution is 2.38. The van der Waals surface area contributed by atoms with Crippen molar-refractivity contribution in [3.63, 3.8) is 0 Å². The second-order valence-electron chi connectivity index (χ2n) is 4.70. The van der Waals surface area contributed by atoms with Crippen LogP contribution < -0.4 is 0 Å². The van der Waals surface area contributed by atoms with Gasteiger partial charge in [0.2, 0.25) is 0 Å². The molecule has 1 aromatic rings. The van der Waals surface area contributed by atoms with Gasteiger partial charge in [0.15, 0.2) is 0 Å². The molecule has 15 heavy (non-hydrogen) atoms. The minimum absolute atomic E-state index is 0.318. The first-order valence-corrected chi connectivity index (χ1v) is 5.57. The fourth-order valence-corrected chi connectivity index (χ4v) is 2.56. The van der Waals surface area contributed by atoms with E-state index in [1.165, 1.54) is 6.07 Å². The lowest BCUT2D eigenvalue weighted by Crippen LogP contribution is -2.16. The van der Waals surface area contributed by atoms with Gasteiger partial charge in [0.05, 0.1) is 0 Å². The van der Waals surface area contributed by atoms with Crippen molar-refractivity contribution in [1.82, 2.24) is 0 Å². The predicted octanol–water partition coefficient (Wildman–Crippen LogP) is 4.04. The molecule has 0 saturated heterocycles.